The highest BCUT2D eigenvalue weighted by molar-refractivity contribution is 7.14. The Balaban J connectivity index is 1.52. The minimum Gasteiger partial charge on any atom is -0.461 e. The Morgan fingerprint density at radius 2 is 1.74 bits per heavy atom. The SMILES string of the molecule is CCOC(=O)c1csc(N(CCNC(=O)OC(C)(C)C)c2cc(-c3ccc(CCN4CCN(C)CC4)cc3)ccc2C)n1. The third-order valence-electron chi connectivity index (χ3n) is 7.31. The number of benzene rings is 2. The van der Waals surface area contributed by atoms with Gasteiger partial charge in [0.05, 0.1) is 6.61 Å². The van der Waals surface area contributed by atoms with E-state index in [1.54, 1.807) is 12.3 Å². The third kappa shape index (κ3) is 9.51. The molecule has 1 aromatic heterocycles. The summed E-state index contributed by atoms with van der Waals surface area (Å²) in [6.45, 7) is 16.0. The molecule has 0 aliphatic carbocycles. The van der Waals surface area contributed by atoms with Crippen LogP contribution in [0.15, 0.2) is 47.8 Å². The first-order chi connectivity index (χ1) is 20.5. The molecule has 0 bridgehead atoms. The molecule has 2 aromatic carbocycles. The fraction of sp³-hybridized carbons (Fsp3) is 0.485. The van der Waals surface area contributed by atoms with Gasteiger partial charge in [0.1, 0.15) is 5.60 Å². The van der Waals surface area contributed by atoms with Crippen molar-refractivity contribution in [1.29, 1.82) is 0 Å². The highest BCUT2D eigenvalue weighted by Crippen LogP contribution is 2.34. The minimum atomic E-state index is -0.585. The number of piperazine rings is 1. The summed E-state index contributed by atoms with van der Waals surface area (Å²) >= 11 is 1.37. The minimum absolute atomic E-state index is 0.271. The second-order valence-corrected chi connectivity index (χ2v) is 12.7. The van der Waals surface area contributed by atoms with Gasteiger partial charge in [-0.15, -0.1) is 11.3 Å². The summed E-state index contributed by atoms with van der Waals surface area (Å²) in [5.74, 6) is -0.449. The van der Waals surface area contributed by atoms with E-state index in [4.69, 9.17) is 9.47 Å². The maximum Gasteiger partial charge on any atom is 0.407 e. The second-order valence-electron chi connectivity index (χ2n) is 11.9. The Kier molecular flexibility index (Phi) is 11.2. The largest absolute Gasteiger partial charge is 0.461 e. The van der Waals surface area contributed by atoms with Crippen LogP contribution < -0.4 is 10.2 Å². The third-order valence-corrected chi connectivity index (χ3v) is 8.17. The molecule has 9 nitrogen and oxygen atoms in total. The summed E-state index contributed by atoms with van der Waals surface area (Å²) in [4.78, 5) is 36.3. The lowest BCUT2D eigenvalue weighted by Gasteiger charge is -2.32. The number of nitrogens with one attached hydrogen (secondary N) is 1. The molecule has 1 saturated heterocycles. The molecule has 1 aliphatic heterocycles. The lowest BCUT2D eigenvalue weighted by atomic mass is 10.00. The standard InChI is InChI=1S/C33H45N5O4S/c1-7-41-30(39)28-23-43-31(35-28)38(17-15-34-32(40)42-33(3,4)5)29-22-27(11-8-24(29)2)26-12-9-25(10-13-26)14-16-37-20-18-36(6)19-21-37/h8-13,22-23H,7,14-21H2,1-6H3,(H,34,40). The molecule has 10 heteroatoms. The van der Waals surface area contributed by atoms with E-state index >= 15 is 0 Å². The first-order valence-electron chi connectivity index (χ1n) is 15.0. The first-order valence-corrected chi connectivity index (χ1v) is 15.9. The summed E-state index contributed by atoms with van der Waals surface area (Å²) in [7, 11) is 2.18. The number of rotatable bonds is 11. The molecule has 1 amide bonds. The number of thiazole rings is 1. The van der Waals surface area contributed by atoms with Crippen LogP contribution in [-0.2, 0) is 15.9 Å². The molecule has 4 rings (SSSR count). The average Bonchev–Trinajstić information content (AvgIpc) is 3.45. The van der Waals surface area contributed by atoms with Crippen LogP contribution in [0.1, 0.15) is 49.3 Å². The van der Waals surface area contributed by atoms with Gasteiger partial charge in [-0.1, -0.05) is 36.4 Å². The molecule has 1 N–H and O–H groups in total. The van der Waals surface area contributed by atoms with Gasteiger partial charge in [-0.05, 0) is 76.4 Å². The van der Waals surface area contributed by atoms with Crippen molar-refractivity contribution in [1.82, 2.24) is 20.1 Å². The zero-order valence-electron chi connectivity index (χ0n) is 26.3. The number of carbonyl (C=O) groups excluding carboxylic acids is 2. The Morgan fingerprint density at radius 3 is 2.42 bits per heavy atom. The van der Waals surface area contributed by atoms with E-state index in [9.17, 15) is 9.59 Å². The topological polar surface area (TPSA) is 87.2 Å². The van der Waals surface area contributed by atoms with E-state index < -0.39 is 17.7 Å². The van der Waals surface area contributed by atoms with Gasteiger partial charge in [0, 0.05) is 56.9 Å². The van der Waals surface area contributed by atoms with E-state index in [1.165, 1.54) is 16.9 Å². The highest BCUT2D eigenvalue weighted by Gasteiger charge is 2.21. The predicted molar refractivity (Wildman–Crippen MR) is 174 cm³/mol. The number of nitrogens with zero attached hydrogens (tertiary/aromatic N) is 4. The van der Waals surface area contributed by atoms with E-state index in [0.717, 1.165) is 61.5 Å². The van der Waals surface area contributed by atoms with Gasteiger partial charge in [-0.2, -0.15) is 0 Å². The van der Waals surface area contributed by atoms with E-state index in [-0.39, 0.29) is 12.3 Å². The number of ether oxygens (including phenoxy) is 2. The van der Waals surface area contributed by atoms with Crippen LogP contribution in [0.5, 0.6) is 0 Å². The van der Waals surface area contributed by atoms with E-state index in [1.807, 2.05) is 25.7 Å². The number of alkyl carbamates (subject to hydrolysis) is 1. The smallest absolute Gasteiger partial charge is 0.407 e. The Morgan fingerprint density at radius 1 is 1.05 bits per heavy atom. The molecule has 2 heterocycles. The average molecular weight is 608 g/mol. The van der Waals surface area contributed by atoms with Crippen molar-refractivity contribution in [2.75, 3.05) is 64.4 Å². The fourth-order valence-electron chi connectivity index (χ4n) is 4.89. The van der Waals surface area contributed by atoms with Crippen LogP contribution >= 0.6 is 11.3 Å². The monoisotopic (exact) mass is 607 g/mol. The quantitative estimate of drug-likeness (QED) is 0.276. The molecule has 0 spiro atoms. The van der Waals surface area contributed by atoms with Gasteiger partial charge in [-0.25, -0.2) is 14.6 Å². The molecule has 232 valence electrons. The molecule has 0 saturated carbocycles. The van der Waals surface area contributed by atoms with Crippen molar-refractivity contribution in [2.45, 2.75) is 46.6 Å². The van der Waals surface area contributed by atoms with Crippen LogP contribution in [0.4, 0.5) is 15.6 Å². The highest BCUT2D eigenvalue weighted by atomic mass is 32.1. The lowest BCUT2D eigenvalue weighted by molar-refractivity contribution is 0.0514. The van der Waals surface area contributed by atoms with E-state index in [2.05, 4.69) is 76.5 Å². The van der Waals surface area contributed by atoms with Crippen molar-refractivity contribution in [3.8, 4) is 11.1 Å². The first kappa shape index (κ1) is 32.4. The molecule has 0 atom stereocenters. The van der Waals surface area contributed by atoms with Crippen molar-refractivity contribution >= 4 is 34.2 Å². The number of anilines is 2. The molecular formula is C33H45N5O4S. The number of esters is 1. The number of likely N-dealkylation sites (N-methyl/N-ethyl adjacent to an activating group) is 1. The Hall–Kier alpha value is -3.47. The van der Waals surface area contributed by atoms with Crippen LogP contribution in [-0.4, -0.2) is 91.9 Å². The Labute approximate surface area is 259 Å². The van der Waals surface area contributed by atoms with Crippen molar-refractivity contribution in [3.05, 3.63) is 64.7 Å². The van der Waals surface area contributed by atoms with Crippen molar-refractivity contribution in [2.24, 2.45) is 0 Å². The van der Waals surface area contributed by atoms with Crippen LogP contribution in [0.2, 0.25) is 0 Å². The normalized spacial score (nSPS) is 14.4. The Bertz CT molecular complexity index is 1360. The molecule has 1 fully saturated rings. The number of hydrogen-bond donors (Lipinski definition) is 1. The maximum absolute atomic E-state index is 12.4. The van der Waals surface area contributed by atoms with Gasteiger partial charge in [-0.3, -0.25) is 0 Å². The van der Waals surface area contributed by atoms with Crippen molar-refractivity contribution in [3.63, 3.8) is 0 Å². The zero-order valence-corrected chi connectivity index (χ0v) is 27.1. The van der Waals surface area contributed by atoms with Crippen LogP contribution in [0.3, 0.4) is 0 Å². The molecule has 1 aliphatic rings. The second kappa shape index (κ2) is 14.8. The van der Waals surface area contributed by atoms with Gasteiger partial charge in [0.2, 0.25) is 0 Å². The van der Waals surface area contributed by atoms with Gasteiger partial charge in [0.15, 0.2) is 10.8 Å². The summed E-state index contributed by atoms with van der Waals surface area (Å²) < 4.78 is 10.6. The molecule has 43 heavy (non-hydrogen) atoms. The number of hydrogen-bond acceptors (Lipinski definition) is 9. The molecular weight excluding hydrogens is 562 g/mol. The summed E-state index contributed by atoms with van der Waals surface area (Å²) in [6.07, 6.45) is 0.561. The lowest BCUT2D eigenvalue weighted by Crippen LogP contribution is -2.45. The van der Waals surface area contributed by atoms with E-state index in [0.29, 0.717) is 18.2 Å². The number of aromatic nitrogens is 1. The zero-order chi connectivity index (χ0) is 31.0. The van der Waals surface area contributed by atoms with Gasteiger partial charge >= 0.3 is 12.1 Å². The van der Waals surface area contributed by atoms with Gasteiger partial charge in [0.25, 0.3) is 0 Å². The number of carbonyl (C=O) groups is 2. The van der Waals surface area contributed by atoms with Crippen LogP contribution in [0, 0.1) is 6.92 Å². The van der Waals surface area contributed by atoms with Gasteiger partial charge < -0.3 is 29.5 Å². The van der Waals surface area contributed by atoms with Crippen LogP contribution in [0.25, 0.3) is 11.1 Å². The van der Waals surface area contributed by atoms with Crippen molar-refractivity contribution < 1.29 is 19.1 Å². The summed E-state index contributed by atoms with van der Waals surface area (Å²) in [5.41, 5.74) is 5.23. The molecule has 3 aromatic rings. The molecule has 0 unspecified atom stereocenters. The maximum atomic E-state index is 12.4. The number of aryl methyl sites for hydroxylation is 1. The number of amides is 1. The predicted octanol–water partition coefficient (Wildman–Crippen LogP) is 5.75. The summed E-state index contributed by atoms with van der Waals surface area (Å²) in [6, 6.07) is 15.2. The summed E-state index contributed by atoms with van der Waals surface area (Å²) in [5, 5.41) is 5.20. The molecule has 0 radical (unpaired) electrons. The fourth-order valence-corrected chi connectivity index (χ4v) is 5.73.